The number of hydrogen-bond donors (Lipinski definition) is 2. The quantitative estimate of drug-likeness (QED) is 0.403. The SMILES string of the molecule is CN=C(NCC1(N(C)C)CCSC1)NC1CCOCC1.I. The first-order chi connectivity index (χ1) is 9.66. The number of halogens is 1. The topological polar surface area (TPSA) is 48.9 Å². The molecule has 1 unspecified atom stereocenters. The third kappa shape index (κ3) is 5.44. The van der Waals surface area contributed by atoms with E-state index in [9.17, 15) is 0 Å². The van der Waals surface area contributed by atoms with E-state index in [0.717, 1.165) is 38.6 Å². The summed E-state index contributed by atoms with van der Waals surface area (Å²) >= 11 is 2.05. The number of guanidine groups is 1. The maximum Gasteiger partial charge on any atom is 0.191 e. The lowest BCUT2D eigenvalue weighted by atomic mass is 9.97. The van der Waals surface area contributed by atoms with Crippen LogP contribution in [0.2, 0.25) is 0 Å². The van der Waals surface area contributed by atoms with Crippen molar-refractivity contribution in [3.8, 4) is 0 Å². The molecule has 1 atom stereocenters. The van der Waals surface area contributed by atoms with E-state index >= 15 is 0 Å². The normalized spacial score (nSPS) is 27.5. The van der Waals surface area contributed by atoms with Crippen LogP contribution >= 0.6 is 35.7 Å². The fraction of sp³-hybridized carbons (Fsp3) is 0.929. The number of rotatable bonds is 4. The molecule has 0 bridgehead atoms. The third-order valence-corrected chi connectivity index (χ3v) is 5.64. The van der Waals surface area contributed by atoms with Gasteiger partial charge >= 0.3 is 0 Å². The molecule has 0 radical (unpaired) electrons. The molecule has 0 amide bonds. The van der Waals surface area contributed by atoms with Gasteiger partial charge in [0.1, 0.15) is 0 Å². The predicted molar refractivity (Wildman–Crippen MR) is 102 cm³/mol. The standard InChI is InChI=1S/C14H28N4OS.HI/c1-15-13(17-12-4-7-19-8-5-12)16-10-14(18(2)3)6-9-20-11-14;/h12H,4-11H2,1-3H3,(H2,15,16,17);1H. The van der Waals surface area contributed by atoms with Crippen molar-refractivity contribution in [1.82, 2.24) is 15.5 Å². The van der Waals surface area contributed by atoms with E-state index in [1.54, 1.807) is 0 Å². The fourth-order valence-corrected chi connectivity index (χ4v) is 4.28. The average Bonchev–Trinajstić information content (AvgIpc) is 2.95. The molecule has 0 saturated carbocycles. The smallest absolute Gasteiger partial charge is 0.191 e. The van der Waals surface area contributed by atoms with Gasteiger partial charge in [-0.15, -0.1) is 24.0 Å². The number of aliphatic imine (C=N–C) groups is 1. The van der Waals surface area contributed by atoms with Gasteiger partial charge in [0.2, 0.25) is 0 Å². The highest BCUT2D eigenvalue weighted by Crippen LogP contribution is 2.31. The Balaban J connectivity index is 0.00000220. The molecule has 2 heterocycles. The van der Waals surface area contributed by atoms with Crippen LogP contribution in [0.3, 0.4) is 0 Å². The van der Waals surface area contributed by atoms with Crippen molar-refractivity contribution in [2.45, 2.75) is 30.8 Å². The van der Waals surface area contributed by atoms with E-state index in [-0.39, 0.29) is 29.5 Å². The molecule has 2 rings (SSSR count). The van der Waals surface area contributed by atoms with Crippen molar-refractivity contribution in [3.05, 3.63) is 0 Å². The number of thioether (sulfide) groups is 1. The minimum absolute atomic E-state index is 0. The van der Waals surface area contributed by atoms with E-state index in [0.29, 0.717) is 6.04 Å². The Morgan fingerprint density at radius 2 is 2.10 bits per heavy atom. The molecule has 7 heteroatoms. The largest absolute Gasteiger partial charge is 0.381 e. The molecule has 0 aromatic carbocycles. The number of ether oxygens (including phenoxy) is 1. The Bertz CT molecular complexity index is 329. The monoisotopic (exact) mass is 428 g/mol. The Labute approximate surface area is 150 Å². The molecular weight excluding hydrogens is 399 g/mol. The molecule has 2 aliphatic heterocycles. The Hall–Kier alpha value is 0.270. The number of nitrogens with zero attached hydrogens (tertiary/aromatic N) is 2. The van der Waals surface area contributed by atoms with Crippen molar-refractivity contribution < 1.29 is 4.74 Å². The van der Waals surface area contributed by atoms with Gasteiger partial charge in [0.25, 0.3) is 0 Å². The van der Waals surface area contributed by atoms with Crippen LogP contribution < -0.4 is 10.6 Å². The summed E-state index contributed by atoms with van der Waals surface area (Å²) in [5.41, 5.74) is 0.262. The molecule has 2 fully saturated rings. The lowest BCUT2D eigenvalue weighted by Gasteiger charge is -2.36. The summed E-state index contributed by atoms with van der Waals surface area (Å²) in [7, 11) is 6.21. The number of hydrogen-bond acceptors (Lipinski definition) is 4. The highest BCUT2D eigenvalue weighted by Gasteiger charge is 2.36. The second kappa shape index (κ2) is 9.42. The second-order valence-corrected chi connectivity index (χ2v) is 6.98. The summed E-state index contributed by atoms with van der Waals surface area (Å²) in [6, 6.07) is 0.489. The van der Waals surface area contributed by atoms with E-state index < -0.39 is 0 Å². The Morgan fingerprint density at radius 1 is 1.38 bits per heavy atom. The van der Waals surface area contributed by atoms with E-state index in [1.807, 2.05) is 18.8 Å². The lowest BCUT2D eigenvalue weighted by molar-refractivity contribution is 0.0821. The second-order valence-electron chi connectivity index (χ2n) is 5.88. The van der Waals surface area contributed by atoms with Crippen LogP contribution in [0.25, 0.3) is 0 Å². The minimum Gasteiger partial charge on any atom is -0.381 e. The van der Waals surface area contributed by atoms with Gasteiger partial charge in [0.15, 0.2) is 5.96 Å². The highest BCUT2D eigenvalue weighted by molar-refractivity contribution is 14.0. The molecule has 0 aromatic heterocycles. The van der Waals surface area contributed by atoms with Crippen molar-refractivity contribution in [2.24, 2.45) is 4.99 Å². The molecule has 0 aliphatic carbocycles. The van der Waals surface area contributed by atoms with Gasteiger partial charge in [0.05, 0.1) is 0 Å². The first kappa shape index (κ1) is 19.3. The van der Waals surface area contributed by atoms with Crippen LogP contribution in [0.5, 0.6) is 0 Å². The minimum atomic E-state index is 0. The Kier molecular flexibility index (Phi) is 8.66. The summed E-state index contributed by atoms with van der Waals surface area (Å²) in [5.74, 6) is 3.38. The molecule has 124 valence electrons. The van der Waals surface area contributed by atoms with Gasteiger partial charge in [-0.05, 0) is 39.1 Å². The van der Waals surface area contributed by atoms with Crippen molar-refractivity contribution >= 4 is 41.7 Å². The van der Waals surface area contributed by atoms with Gasteiger partial charge in [-0.25, -0.2) is 0 Å². The lowest BCUT2D eigenvalue weighted by Crippen LogP contribution is -2.56. The van der Waals surface area contributed by atoms with E-state index in [4.69, 9.17) is 4.74 Å². The van der Waals surface area contributed by atoms with Crippen LogP contribution in [-0.2, 0) is 4.74 Å². The first-order valence-corrected chi connectivity index (χ1v) is 8.62. The summed E-state index contributed by atoms with van der Waals surface area (Å²) in [4.78, 5) is 6.72. The summed E-state index contributed by atoms with van der Waals surface area (Å²) in [6.45, 7) is 2.66. The summed E-state index contributed by atoms with van der Waals surface area (Å²) in [5, 5.41) is 7.04. The molecule has 0 aromatic rings. The maximum absolute atomic E-state index is 5.39. The fourth-order valence-electron chi connectivity index (χ4n) is 2.72. The molecule has 2 saturated heterocycles. The molecular formula is C14H29IN4OS. The molecule has 5 nitrogen and oxygen atoms in total. The van der Waals surface area contributed by atoms with E-state index in [2.05, 4.69) is 34.6 Å². The zero-order chi connectivity index (χ0) is 14.4. The predicted octanol–water partition coefficient (Wildman–Crippen LogP) is 1.39. The molecule has 2 aliphatic rings. The summed E-state index contributed by atoms with van der Waals surface area (Å²) in [6.07, 6.45) is 3.37. The molecule has 0 spiro atoms. The van der Waals surface area contributed by atoms with Gasteiger partial charge < -0.3 is 20.3 Å². The van der Waals surface area contributed by atoms with Crippen LogP contribution in [0.1, 0.15) is 19.3 Å². The molecule has 2 N–H and O–H groups in total. The third-order valence-electron chi connectivity index (χ3n) is 4.40. The number of nitrogens with one attached hydrogen (secondary N) is 2. The average molecular weight is 428 g/mol. The van der Waals surface area contributed by atoms with Gasteiger partial charge in [-0.3, -0.25) is 4.99 Å². The molecule has 21 heavy (non-hydrogen) atoms. The zero-order valence-electron chi connectivity index (χ0n) is 13.4. The van der Waals surface area contributed by atoms with E-state index in [1.165, 1.54) is 17.9 Å². The van der Waals surface area contributed by atoms with Gasteiger partial charge in [-0.2, -0.15) is 11.8 Å². The van der Waals surface area contributed by atoms with Crippen LogP contribution in [-0.4, -0.2) is 74.8 Å². The first-order valence-electron chi connectivity index (χ1n) is 7.46. The summed E-state index contributed by atoms with van der Waals surface area (Å²) < 4.78 is 5.39. The van der Waals surface area contributed by atoms with Crippen LogP contribution in [0, 0.1) is 0 Å². The van der Waals surface area contributed by atoms with Crippen LogP contribution in [0.4, 0.5) is 0 Å². The Morgan fingerprint density at radius 3 is 2.62 bits per heavy atom. The van der Waals surface area contributed by atoms with Crippen molar-refractivity contribution in [1.29, 1.82) is 0 Å². The van der Waals surface area contributed by atoms with Crippen molar-refractivity contribution in [2.75, 3.05) is 52.4 Å². The zero-order valence-corrected chi connectivity index (χ0v) is 16.5. The van der Waals surface area contributed by atoms with Gasteiger partial charge in [-0.1, -0.05) is 0 Å². The number of likely N-dealkylation sites (N-methyl/N-ethyl adjacent to an activating group) is 1. The van der Waals surface area contributed by atoms with Crippen molar-refractivity contribution in [3.63, 3.8) is 0 Å². The highest BCUT2D eigenvalue weighted by atomic mass is 127. The van der Waals surface area contributed by atoms with Gasteiger partial charge in [0, 0.05) is 44.1 Å². The maximum atomic E-state index is 5.39. The van der Waals surface area contributed by atoms with Crippen LogP contribution in [0.15, 0.2) is 4.99 Å².